The number of ether oxygens (including phenoxy) is 12. The summed E-state index contributed by atoms with van der Waals surface area (Å²) in [6.07, 6.45) is -0.643. The largest absolute Gasteiger partial charge is 0.586 e. The van der Waals surface area contributed by atoms with E-state index < -0.39 is 18.3 Å². The molecule has 0 amide bonds. The van der Waals surface area contributed by atoms with Crippen LogP contribution in [0.5, 0.6) is 69.0 Å². The van der Waals surface area contributed by atoms with E-state index in [9.17, 15) is 22.0 Å². The van der Waals surface area contributed by atoms with Crippen molar-refractivity contribution in [2.45, 2.75) is 237 Å². The van der Waals surface area contributed by atoms with Gasteiger partial charge >= 0.3 is 18.3 Å². The van der Waals surface area contributed by atoms with E-state index in [1.54, 1.807) is 26.0 Å². The molecule has 0 saturated heterocycles. The molecule has 0 fully saturated rings. The lowest BCUT2D eigenvalue weighted by molar-refractivity contribution is -0.332. The summed E-state index contributed by atoms with van der Waals surface area (Å²) in [4.78, 5) is 0. The molecule has 0 aliphatic carbocycles. The van der Waals surface area contributed by atoms with Crippen LogP contribution in [0.25, 0.3) is 0 Å². The molecule has 8 aliphatic rings. The van der Waals surface area contributed by atoms with Gasteiger partial charge in [-0.25, -0.2) is 0 Å². The molecule has 107 heavy (non-hydrogen) atoms. The summed E-state index contributed by atoms with van der Waals surface area (Å²) in [6, 6.07) is 46.5. The van der Waals surface area contributed by atoms with Crippen LogP contribution in [0.4, 0.5) is 22.0 Å². The van der Waals surface area contributed by atoms with Gasteiger partial charge in [0.05, 0.1) is 26.4 Å². The Morgan fingerprint density at radius 2 is 0.514 bits per heavy atom. The first-order valence-corrected chi connectivity index (χ1v) is 38.1. The Balaban J connectivity index is 0.00000117. The second kappa shape index (κ2) is 52.9. The number of fused-ring (bicyclic) bond motifs is 8. The van der Waals surface area contributed by atoms with Gasteiger partial charge in [-0.3, -0.25) is 0 Å². The Labute approximate surface area is 640 Å². The van der Waals surface area contributed by atoms with Gasteiger partial charge in [0.1, 0.15) is 36.2 Å². The standard InChI is InChI=1S/C10H9F3O2.2C10H12O.C9H10O2.2C9H10O.C8H6F2O2.C8H8O2.8C2H6.CH4/c1-6-3-4-7-8(5-6)15-10(12,13)9(2,11)14-7;1-8-4-5-10-9(7-8)3-2-6-11-10;1-8-4-5-9-3-2-6-11-10(9)7-8;1-7-2-3-8-9(6-7)11-5-4-10-8;1-7-2-3-9-8(6-7)4-5-10-9;1-7-2-3-8-4-5-10-9(8)6-7;1-5-2-3-6-7(4-5)12-8(9,10)11-6;1-6-2-3-7-8(4-6)10-5-9-7;8*1-2;/h3-5H,1-2H3;2*4-5,7H,2-3,6H2,1H3;2-3,6H,4-5H2,1H3;2*2-3,6H,4-5H2,1H3;2-4H,1H3;2-4H,5H2,1H3;8*1-2H3;1H4. The monoisotopic (exact) mass is 1500 g/mol. The van der Waals surface area contributed by atoms with E-state index in [1.165, 1.54) is 92.7 Å². The van der Waals surface area contributed by atoms with Gasteiger partial charge in [-0.15, -0.1) is 8.78 Å². The minimum Gasteiger partial charge on any atom is -0.493 e. The van der Waals surface area contributed by atoms with Crippen LogP contribution in [0.3, 0.4) is 0 Å². The molecule has 596 valence electrons. The number of benzene rings is 8. The Kier molecular flexibility index (Phi) is 48.5. The second-order valence-electron chi connectivity index (χ2n) is 22.8. The summed E-state index contributed by atoms with van der Waals surface area (Å²) in [5, 5.41) is 0. The lowest BCUT2D eigenvalue weighted by Gasteiger charge is -2.35. The van der Waals surface area contributed by atoms with Gasteiger partial charge in [0.25, 0.3) is 0 Å². The van der Waals surface area contributed by atoms with Crippen LogP contribution in [0, 0.1) is 55.4 Å². The predicted molar refractivity (Wildman–Crippen MR) is 432 cm³/mol. The van der Waals surface area contributed by atoms with Crippen molar-refractivity contribution in [3.63, 3.8) is 0 Å². The van der Waals surface area contributed by atoms with Crippen LogP contribution in [-0.2, 0) is 25.7 Å². The molecule has 12 nitrogen and oxygen atoms in total. The molecule has 1 unspecified atom stereocenters. The first-order valence-electron chi connectivity index (χ1n) is 38.1. The van der Waals surface area contributed by atoms with Crippen molar-refractivity contribution in [2.75, 3.05) is 46.4 Å². The van der Waals surface area contributed by atoms with Crippen LogP contribution < -0.4 is 56.8 Å². The summed E-state index contributed by atoms with van der Waals surface area (Å²) in [5.41, 5.74) is 14.7. The maximum Gasteiger partial charge on any atom is 0.586 e. The highest BCUT2D eigenvalue weighted by atomic mass is 19.3. The smallest absolute Gasteiger partial charge is 0.493 e. The second-order valence-corrected chi connectivity index (χ2v) is 22.8. The number of alkyl halides is 5. The molecule has 16 rings (SSSR count). The van der Waals surface area contributed by atoms with Crippen molar-refractivity contribution in [2.24, 2.45) is 0 Å². The van der Waals surface area contributed by atoms with Gasteiger partial charge in [-0.05, 0) is 210 Å². The Bertz CT molecular complexity index is 3470. The SMILES string of the molecule is C.CC.CC.CC.CC.CC.CC.CC.CC.Cc1ccc2c(c1)CCCO2.Cc1ccc2c(c1)CCO2.Cc1ccc2c(c1)OC(F)(F)C(C)(F)O2.Cc1ccc2c(c1)OC(F)(F)O2.Cc1ccc2c(c1)OCC2.Cc1ccc2c(c1)OCCC2.Cc1ccc2c(c1)OCCO2.Cc1ccc2c(c1)OCO2. The molecule has 8 aromatic rings. The van der Waals surface area contributed by atoms with E-state index in [2.05, 4.69) is 119 Å². The molecular weight excluding hydrogens is 1370 g/mol. The summed E-state index contributed by atoms with van der Waals surface area (Å²) in [7, 11) is 0. The molecule has 0 aromatic heterocycles. The number of rotatable bonds is 0. The summed E-state index contributed by atoms with van der Waals surface area (Å²) >= 11 is 0. The van der Waals surface area contributed by atoms with Crippen molar-refractivity contribution >= 4 is 0 Å². The third-order valence-corrected chi connectivity index (χ3v) is 14.8. The predicted octanol–water partition coefficient (Wildman–Crippen LogP) is 26.2. The maximum atomic E-state index is 13.3. The van der Waals surface area contributed by atoms with Crippen LogP contribution >= 0.6 is 0 Å². The topological polar surface area (TPSA) is 111 Å². The van der Waals surface area contributed by atoms with Crippen molar-refractivity contribution < 1.29 is 78.8 Å². The lowest BCUT2D eigenvalue weighted by atomic mass is 10.0. The molecule has 8 aliphatic heterocycles. The Hall–Kier alpha value is -8.99. The minimum absolute atomic E-state index is 0. The van der Waals surface area contributed by atoms with Crippen LogP contribution in [0.1, 0.15) is 205 Å². The molecule has 17 heteroatoms. The average molecular weight is 1500 g/mol. The third kappa shape index (κ3) is 33.0. The van der Waals surface area contributed by atoms with Crippen molar-refractivity contribution in [3.8, 4) is 69.0 Å². The summed E-state index contributed by atoms with van der Waals surface area (Å²) in [6.45, 7) is 53.8. The quantitative estimate of drug-likeness (QED) is 0.135. The fraction of sp³-hybridized carbons (Fsp3) is 0.467. The molecule has 0 saturated carbocycles. The van der Waals surface area contributed by atoms with Crippen molar-refractivity contribution in [1.82, 2.24) is 0 Å². The normalized spacial score (nSPS) is 15.0. The van der Waals surface area contributed by atoms with E-state index in [0.29, 0.717) is 26.9 Å². The van der Waals surface area contributed by atoms with Crippen molar-refractivity contribution in [3.05, 3.63) is 212 Å². The third-order valence-electron chi connectivity index (χ3n) is 14.8. The number of aryl methyl sites for hydroxylation is 10. The fourth-order valence-corrected chi connectivity index (χ4v) is 10.0. The molecule has 0 bridgehead atoms. The lowest BCUT2D eigenvalue weighted by Crippen LogP contribution is -2.53. The van der Waals surface area contributed by atoms with E-state index in [0.717, 1.165) is 109 Å². The maximum absolute atomic E-state index is 13.3. The molecule has 8 heterocycles. The van der Waals surface area contributed by atoms with Gasteiger partial charge in [-0.2, -0.15) is 13.2 Å². The van der Waals surface area contributed by atoms with E-state index in [-0.39, 0.29) is 30.4 Å². The molecule has 1 atom stereocenters. The van der Waals surface area contributed by atoms with Gasteiger partial charge in [0, 0.05) is 19.8 Å². The zero-order valence-corrected chi connectivity index (χ0v) is 68.3. The Morgan fingerprint density at radius 3 is 0.981 bits per heavy atom. The highest BCUT2D eigenvalue weighted by Crippen LogP contribution is 2.46. The van der Waals surface area contributed by atoms with Gasteiger partial charge < -0.3 is 56.8 Å². The molecule has 8 aromatic carbocycles. The average Bonchev–Trinajstić information content (AvgIpc) is 1.71. The van der Waals surface area contributed by atoms with Gasteiger partial charge in [-0.1, -0.05) is 202 Å². The molecule has 0 radical (unpaired) electrons. The number of halogens is 5. The van der Waals surface area contributed by atoms with E-state index >= 15 is 0 Å². The van der Waals surface area contributed by atoms with Crippen LogP contribution in [0.15, 0.2) is 146 Å². The molecule has 0 spiro atoms. The summed E-state index contributed by atoms with van der Waals surface area (Å²) in [5.74, 6) is 4.67. The number of hydrogen-bond donors (Lipinski definition) is 0. The first-order chi connectivity index (χ1) is 51.0. The zero-order chi connectivity index (χ0) is 80.0. The van der Waals surface area contributed by atoms with Crippen molar-refractivity contribution in [1.29, 1.82) is 0 Å². The Morgan fingerprint density at radius 1 is 0.243 bits per heavy atom. The van der Waals surface area contributed by atoms with E-state index in [4.69, 9.17) is 37.9 Å². The van der Waals surface area contributed by atoms with E-state index in [1.807, 2.05) is 161 Å². The highest BCUT2D eigenvalue weighted by Gasteiger charge is 2.60. The van der Waals surface area contributed by atoms with Crippen LogP contribution in [-0.4, -0.2) is 64.7 Å². The fourth-order valence-electron chi connectivity index (χ4n) is 10.0. The molecular formula is C90H129F5O12. The van der Waals surface area contributed by atoms with Crippen LogP contribution in [0.2, 0.25) is 0 Å². The highest BCUT2D eigenvalue weighted by molar-refractivity contribution is 5.48. The van der Waals surface area contributed by atoms with Gasteiger partial charge in [0.2, 0.25) is 6.79 Å². The summed E-state index contributed by atoms with van der Waals surface area (Å²) < 4.78 is 124. The zero-order valence-electron chi connectivity index (χ0n) is 68.3. The number of hydrogen-bond acceptors (Lipinski definition) is 12. The van der Waals surface area contributed by atoms with Gasteiger partial charge in [0.15, 0.2) is 46.0 Å². The first kappa shape index (κ1) is 98.0. The minimum atomic E-state index is -3.98. The molecule has 0 N–H and O–H groups in total.